The van der Waals surface area contributed by atoms with Gasteiger partial charge in [-0.15, -0.1) is 0 Å². The highest BCUT2D eigenvalue weighted by Gasteiger charge is 2.33. The van der Waals surface area contributed by atoms with E-state index in [0.717, 1.165) is 0 Å². The number of nitro groups is 1. The van der Waals surface area contributed by atoms with Crippen molar-refractivity contribution in [1.82, 2.24) is 0 Å². The lowest BCUT2D eigenvalue weighted by Gasteiger charge is -2.00. The molecule has 1 heterocycles. The van der Waals surface area contributed by atoms with Crippen LogP contribution < -0.4 is 0 Å². The highest BCUT2D eigenvalue weighted by molar-refractivity contribution is 6.34. The van der Waals surface area contributed by atoms with E-state index in [4.69, 9.17) is 16.3 Å². The lowest BCUT2D eigenvalue weighted by atomic mass is 10.1. The second kappa shape index (κ2) is 3.60. The number of rotatable bonds is 3. The van der Waals surface area contributed by atoms with Crippen molar-refractivity contribution < 1.29 is 14.5 Å². The van der Waals surface area contributed by atoms with E-state index in [9.17, 15) is 14.9 Å². The fourth-order valence-corrected chi connectivity index (χ4v) is 1.40. The lowest BCUT2D eigenvalue weighted by Crippen LogP contribution is -2.08. The van der Waals surface area contributed by atoms with Crippen LogP contribution >= 0.6 is 11.6 Å². The summed E-state index contributed by atoms with van der Waals surface area (Å²) in [5.41, 5.74) is -0.00299. The van der Waals surface area contributed by atoms with Crippen molar-refractivity contribution in [2.24, 2.45) is 0 Å². The molecule has 1 aromatic rings. The molecule has 1 atom stereocenters. The summed E-state index contributed by atoms with van der Waals surface area (Å²) in [6, 6.07) is 3.77. The summed E-state index contributed by atoms with van der Waals surface area (Å²) in [5.74, 6) is -0.302. The Morgan fingerprint density at radius 1 is 1.60 bits per heavy atom. The van der Waals surface area contributed by atoms with E-state index in [1.165, 1.54) is 18.2 Å². The zero-order valence-corrected chi connectivity index (χ0v) is 8.23. The van der Waals surface area contributed by atoms with Gasteiger partial charge in [-0.1, -0.05) is 11.6 Å². The van der Waals surface area contributed by atoms with E-state index in [1.54, 1.807) is 0 Å². The summed E-state index contributed by atoms with van der Waals surface area (Å²) >= 11 is 5.77. The van der Waals surface area contributed by atoms with Crippen LogP contribution in [0.1, 0.15) is 10.4 Å². The summed E-state index contributed by atoms with van der Waals surface area (Å²) in [5, 5.41) is 10.7. The quantitative estimate of drug-likeness (QED) is 0.342. The molecule has 1 aromatic carbocycles. The van der Waals surface area contributed by atoms with Gasteiger partial charge >= 0.3 is 0 Å². The minimum atomic E-state index is -0.569. The average Bonchev–Trinajstić information content (AvgIpc) is 3.00. The van der Waals surface area contributed by atoms with Crippen molar-refractivity contribution in [3.05, 3.63) is 38.9 Å². The van der Waals surface area contributed by atoms with Gasteiger partial charge in [0.2, 0.25) is 0 Å². The largest absolute Gasteiger partial charge is 0.364 e. The summed E-state index contributed by atoms with van der Waals surface area (Å²) in [4.78, 5) is 21.5. The maximum Gasteiger partial charge on any atom is 0.270 e. The third-order valence-corrected chi connectivity index (χ3v) is 2.38. The van der Waals surface area contributed by atoms with Crippen LogP contribution in [0, 0.1) is 10.1 Å². The molecule has 0 aromatic heterocycles. The Labute approximate surface area is 89.8 Å². The number of nitrogens with zero attached hydrogens (tertiary/aromatic N) is 1. The van der Waals surface area contributed by atoms with E-state index < -0.39 is 11.0 Å². The van der Waals surface area contributed by atoms with Crippen LogP contribution in [0.25, 0.3) is 0 Å². The van der Waals surface area contributed by atoms with Gasteiger partial charge in [0.1, 0.15) is 6.10 Å². The van der Waals surface area contributed by atoms with E-state index in [2.05, 4.69) is 0 Å². The molecule has 0 saturated carbocycles. The van der Waals surface area contributed by atoms with Gasteiger partial charge in [0.25, 0.3) is 5.69 Å². The fourth-order valence-electron chi connectivity index (χ4n) is 1.19. The van der Waals surface area contributed by atoms with Crippen LogP contribution in [-0.2, 0) is 4.74 Å². The van der Waals surface area contributed by atoms with E-state index in [1.807, 2.05) is 0 Å². The molecule has 6 heteroatoms. The first-order chi connectivity index (χ1) is 7.09. The van der Waals surface area contributed by atoms with Crippen LogP contribution in [0.4, 0.5) is 5.69 Å². The number of hydrogen-bond donors (Lipinski definition) is 0. The Bertz CT molecular complexity index is 442. The monoisotopic (exact) mass is 227 g/mol. The number of benzene rings is 1. The second-order valence-electron chi connectivity index (χ2n) is 3.11. The van der Waals surface area contributed by atoms with Crippen molar-refractivity contribution in [3.8, 4) is 0 Å². The van der Waals surface area contributed by atoms with Crippen molar-refractivity contribution in [3.63, 3.8) is 0 Å². The maximum atomic E-state index is 11.6. The first-order valence-corrected chi connectivity index (χ1v) is 4.57. The number of halogens is 1. The zero-order chi connectivity index (χ0) is 11.0. The lowest BCUT2D eigenvalue weighted by molar-refractivity contribution is -0.384. The van der Waals surface area contributed by atoms with Crippen molar-refractivity contribution in [2.45, 2.75) is 6.10 Å². The molecule has 1 saturated heterocycles. The molecule has 78 valence electrons. The van der Waals surface area contributed by atoms with Crippen LogP contribution in [0.15, 0.2) is 18.2 Å². The summed E-state index contributed by atoms with van der Waals surface area (Å²) < 4.78 is 4.80. The summed E-state index contributed by atoms with van der Waals surface area (Å²) in [6.07, 6.45) is -0.482. The van der Waals surface area contributed by atoms with Crippen molar-refractivity contribution in [2.75, 3.05) is 6.61 Å². The first-order valence-electron chi connectivity index (χ1n) is 4.19. The Hall–Kier alpha value is -1.46. The molecule has 15 heavy (non-hydrogen) atoms. The number of Topliss-reactive ketones (excluding diaryl/α,β-unsaturated/α-hetero) is 1. The van der Waals surface area contributed by atoms with Crippen molar-refractivity contribution >= 4 is 23.1 Å². The Kier molecular flexibility index (Phi) is 2.42. The molecule has 1 unspecified atom stereocenters. The van der Waals surface area contributed by atoms with Gasteiger partial charge in [-0.25, -0.2) is 0 Å². The number of ether oxygens (including phenoxy) is 1. The maximum absolute atomic E-state index is 11.6. The number of epoxide rings is 1. The third kappa shape index (κ3) is 1.98. The van der Waals surface area contributed by atoms with E-state index in [0.29, 0.717) is 6.61 Å². The predicted molar refractivity (Wildman–Crippen MR) is 52.2 cm³/mol. The Morgan fingerprint density at radius 3 is 2.80 bits per heavy atom. The van der Waals surface area contributed by atoms with Gasteiger partial charge in [0, 0.05) is 17.7 Å². The normalized spacial score (nSPS) is 18.6. The summed E-state index contributed by atoms with van der Waals surface area (Å²) in [7, 11) is 0. The van der Waals surface area contributed by atoms with Crippen LogP contribution in [-0.4, -0.2) is 23.4 Å². The molecule has 1 aliphatic rings. The second-order valence-corrected chi connectivity index (χ2v) is 3.51. The Morgan fingerprint density at radius 2 is 2.27 bits per heavy atom. The SMILES string of the molecule is O=C(c1cc([N+](=O)[O-])ccc1Cl)C1CO1. The molecular formula is C9H6ClNO4. The smallest absolute Gasteiger partial charge is 0.270 e. The van der Waals surface area contributed by atoms with E-state index in [-0.39, 0.29) is 22.1 Å². The molecule has 1 fully saturated rings. The van der Waals surface area contributed by atoms with Gasteiger partial charge in [-0.05, 0) is 6.07 Å². The highest BCUT2D eigenvalue weighted by Crippen LogP contribution is 2.26. The minimum absolute atomic E-state index is 0.147. The third-order valence-electron chi connectivity index (χ3n) is 2.05. The molecule has 1 aliphatic heterocycles. The zero-order valence-electron chi connectivity index (χ0n) is 7.47. The number of ketones is 1. The fraction of sp³-hybridized carbons (Fsp3) is 0.222. The molecular weight excluding hydrogens is 222 g/mol. The number of non-ortho nitro benzene ring substituents is 1. The molecule has 0 aliphatic carbocycles. The van der Waals surface area contributed by atoms with Crippen LogP contribution in [0.5, 0.6) is 0 Å². The molecule has 0 amide bonds. The predicted octanol–water partition coefficient (Wildman–Crippen LogP) is 1.83. The molecule has 0 spiro atoms. The first kappa shape index (κ1) is 10.1. The van der Waals surface area contributed by atoms with E-state index >= 15 is 0 Å². The number of carbonyl (C=O) groups excluding carboxylic acids is 1. The molecule has 0 N–H and O–H groups in total. The van der Waals surface area contributed by atoms with Crippen LogP contribution in [0.3, 0.4) is 0 Å². The minimum Gasteiger partial charge on any atom is -0.364 e. The molecule has 5 nitrogen and oxygen atoms in total. The highest BCUT2D eigenvalue weighted by atomic mass is 35.5. The van der Waals surface area contributed by atoms with Gasteiger partial charge in [-0.2, -0.15) is 0 Å². The number of carbonyl (C=O) groups is 1. The number of hydrogen-bond acceptors (Lipinski definition) is 4. The van der Waals surface area contributed by atoms with Gasteiger partial charge in [0.05, 0.1) is 16.6 Å². The summed E-state index contributed by atoms with van der Waals surface area (Å²) in [6.45, 7) is 0.359. The topological polar surface area (TPSA) is 72.7 Å². The molecule has 0 bridgehead atoms. The van der Waals surface area contributed by atoms with Crippen molar-refractivity contribution in [1.29, 1.82) is 0 Å². The Balaban J connectivity index is 2.39. The average molecular weight is 228 g/mol. The molecule has 2 rings (SSSR count). The van der Waals surface area contributed by atoms with Gasteiger partial charge in [0.15, 0.2) is 5.78 Å². The van der Waals surface area contributed by atoms with Crippen LogP contribution in [0.2, 0.25) is 5.02 Å². The molecule has 0 radical (unpaired) electrons. The standard InChI is InChI=1S/C9H6ClNO4/c10-7-2-1-5(11(13)14)3-6(7)9(12)8-4-15-8/h1-3,8H,4H2. The van der Waals surface area contributed by atoms with Gasteiger partial charge < -0.3 is 4.74 Å². The number of nitro benzene ring substituents is 1. The van der Waals surface area contributed by atoms with Gasteiger partial charge in [-0.3, -0.25) is 14.9 Å².